The third kappa shape index (κ3) is 0.983. The number of anilines is 1. The summed E-state index contributed by atoms with van der Waals surface area (Å²) in [4.78, 5) is 2.28. The van der Waals surface area contributed by atoms with Crippen LogP contribution in [0.3, 0.4) is 0 Å². The maximum Gasteiger partial charge on any atom is 0.0448 e. The van der Waals surface area contributed by atoms with Crippen LogP contribution in [0.1, 0.15) is 31.2 Å². The molecule has 0 aromatic heterocycles. The van der Waals surface area contributed by atoms with E-state index < -0.39 is 0 Å². The Kier molecular flexibility index (Phi) is 1.73. The first-order valence-corrected chi connectivity index (χ1v) is 5.78. The van der Waals surface area contributed by atoms with Gasteiger partial charge >= 0.3 is 0 Å². The second-order valence-electron chi connectivity index (χ2n) is 4.81. The number of allylic oxidation sites excluding steroid dienone is 1. The number of fused-ring (bicyclic) bond motifs is 2. The van der Waals surface area contributed by atoms with Crippen LogP contribution in [0.2, 0.25) is 0 Å². The monoisotopic (exact) mass is 199 g/mol. The summed E-state index contributed by atoms with van der Waals surface area (Å²) >= 11 is 0. The minimum Gasteiger partial charge on any atom is -0.348 e. The van der Waals surface area contributed by atoms with Gasteiger partial charge in [0.15, 0.2) is 0 Å². The topological polar surface area (TPSA) is 3.24 Å². The molecule has 15 heavy (non-hydrogen) atoms. The molecule has 0 atom stereocenters. The molecule has 1 nitrogen and oxygen atoms in total. The molecule has 1 spiro atoms. The van der Waals surface area contributed by atoms with Crippen molar-refractivity contribution < 1.29 is 0 Å². The average molecular weight is 199 g/mol. The van der Waals surface area contributed by atoms with Crippen LogP contribution in [0, 0.1) is 0 Å². The molecule has 1 aromatic carbocycles. The molecule has 3 rings (SSSR count). The maximum absolute atomic E-state index is 4.31. The number of rotatable bonds is 0. The SMILES string of the molecule is C=C1N(C)c2ccccc2C12CCCC2. The van der Waals surface area contributed by atoms with Gasteiger partial charge in [-0.1, -0.05) is 37.6 Å². The van der Waals surface area contributed by atoms with Crippen molar-refractivity contribution in [3.8, 4) is 0 Å². The zero-order chi connectivity index (χ0) is 10.5. The van der Waals surface area contributed by atoms with Gasteiger partial charge in [-0.3, -0.25) is 0 Å². The van der Waals surface area contributed by atoms with E-state index in [9.17, 15) is 0 Å². The molecule has 78 valence electrons. The first-order chi connectivity index (χ1) is 7.26. The fraction of sp³-hybridized carbons (Fsp3) is 0.429. The van der Waals surface area contributed by atoms with E-state index in [1.54, 1.807) is 0 Å². The molecule has 2 aliphatic rings. The molecule has 0 amide bonds. The minimum atomic E-state index is 0.283. The smallest absolute Gasteiger partial charge is 0.0448 e. The van der Waals surface area contributed by atoms with Crippen molar-refractivity contribution >= 4 is 5.69 Å². The fourth-order valence-corrected chi connectivity index (χ4v) is 3.33. The lowest BCUT2D eigenvalue weighted by Crippen LogP contribution is -2.25. The highest BCUT2D eigenvalue weighted by Gasteiger charge is 2.46. The summed E-state index contributed by atoms with van der Waals surface area (Å²) in [6, 6.07) is 8.78. The molecule has 0 radical (unpaired) electrons. The van der Waals surface area contributed by atoms with Gasteiger partial charge in [0, 0.05) is 23.8 Å². The summed E-state index contributed by atoms with van der Waals surface area (Å²) < 4.78 is 0. The molecule has 0 unspecified atom stereocenters. The summed E-state index contributed by atoms with van der Waals surface area (Å²) in [5.74, 6) is 0. The number of hydrogen-bond donors (Lipinski definition) is 0. The van der Waals surface area contributed by atoms with Gasteiger partial charge in [0.1, 0.15) is 0 Å². The number of hydrogen-bond acceptors (Lipinski definition) is 1. The maximum atomic E-state index is 4.31. The van der Waals surface area contributed by atoms with E-state index in [0.717, 1.165) is 0 Å². The largest absolute Gasteiger partial charge is 0.348 e. The van der Waals surface area contributed by atoms with E-state index in [1.807, 2.05) is 0 Å². The van der Waals surface area contributed by atoms with Gasteiger partial charge in [0.25, 0.3) is 0 Å². The lowest BCUT2D eigenvalue weighted by Gasteiger charge is -2.26. The van der Waals surface area contributed by atoms with E-state index in [2.05, 4.69) is 42.8 Å². The molecule has 0 saturated heterocycles. The highest BCUT2D eigenvalue weighted by molar-refractivity contribution is 5.70. The van der Waals surface area contributed by atoms with E-state index in [1.165, 1.54) is 42.6 Å². The Hall–Kier alpha value is -1.24. The van der Waals surface area contributed by atoms with Crippen LogP contribution < -0.4 is 4.90 Å². The predicted molar refractivity (Wildman–Crippen MR) is 64.1 cm³/mol. The Bertz CT molecular complexity index is 413. The van der Waals surface area contributed by atoms with Crippen molar-refractivity contribution in [3.63, 3.8) is 0 Å². The summed E-state index contributed by atoms with van der Waals surface area (Å²) in [6.45, 7) is 4.31. The third-order valence-electron chi connectivity index (χ3n) is 4.20. The minimum absolute atomic E-state index is 0.283. The van der Waals surface area contributed by atoms with Crippen LogP contribution in [0.4, 0.5) is 5.69 Å². The van der Waals surface area contributed by atoms with Crippen LogP contribution in [0.5, 0.6) is 0 Å². The van der Waals surface area contributed by atoms with Gasteiger partial charge in [-0.05, 0) is 24.5 Å². The van der Waals surface area contributed by atoms with Gasteiger partial charge in [0.2, 0.25) is 0 Å². The van der Waals surface area contributed by atoms with Crippen LogP contribution >= 0.6 is 0 Å². The molecule has 1 aliphatic carbocycles. The fourth-order valence-electron chi connectivity index (χ4n) is 3.33. The van der Waals surface area contributed by atoms with Crippen molar-refractivity contribution in [2.45, 2.75) is 31.1 Å². The molecular formula is C14H17N. The molecule has 0 bridgehead atoms. The van der Waals surface area contributed by atoms with Crippen molar-refractivity contribution in [2.24, 2.45) is 0 Å². The summed E-state index contributed by atoms with van der Waals surface area (Å²) in [5, 5.41) is 0. The van der Waals surface area contributed by atoms with Gasteiger partial charge in [-0.25, -0.2) is 0 Å². The lowest BCUT2D eigenvalue weighted by molar-refractivity contribution is 0.538. The van der Waals surface area contributed by atoms with Gasteiger partial charge in [0.05, 0.1) is 0 Å². The van der Waals surface area contributed by atoms with Crippen LogP contribution in [0.15, 0.2) is 36.5 Å². The molecule has 0 N–H and O–H groups in total. The highest BCUT2D eigenvalue weighted by Crippen LogP contribution is 2.54. The first kappa shape index (κ1) is 9.02. The second kappa shape index (κ2) is 2.88. The van der Waals surface area contributed by atoms with Gasteiger partial charge in [-0.15, -0.1) is 0 Å². The van der Waals surface area contributed by atoms with Crippen molar-refractivity contribution in [3.05, 3.63) is 42.1 Å². The molecular weight excluding hydrogens is 182 g/mol. The third-order valence-corrected chi connectivity index (χ3v) is 4.20. The predicted octanol–water partition coefficient (Wildman–Crippen LogP) is 3.46. The normalized spacial score (nSPS) is 22.5. The molecule has 1 heterocycles. The Labute approximate surface area is 91.4 Å². The standard InChI is InChI=1S/C14H17N/c1-11-14(9-5-6-10-14)12-7-3-4-8-13(12)15(11)2/h3-4,7-8H,1,5-6,9-10H2,2H3. The van der Waals surface area contributed by atoms with Crippen molar-refractivity contribution in [1.29, 1.82) is 0 Å². The van der Waals surface area contributed by atoms with Crippen LogP contribution in [0.25, 0.3) is 0 Å². The Balaban J connectivity index is 2.22. The number of para-hydroxylation sites is 1. The zero-order valence-corrected chi connectivity index (χ0v) is 9.29. The lowest BCUT2D eigenvalue weighted by atomic mass is 9.79. The molecule has 1 aliphatic heterocycles. The van der Waals surface area contributed by atoms with E-state index in [0.29, 0.717) is 0 Å². The van der Waals surface area contributed by atoms with Crippen molar-refractivity contribution in [2.75, 3.05) is 11.9 Å². The molecule has 1 fully saturated rings. The van der Waals surface area contributed by atoms with E-state index in [4.69, 9.17) is 0 Å². The van der Waals surface area contributed by atoms with Crippen molar-refractivity contribution in [1.82, 2.24) is 0 Å². The van der Waals surface area contributed by atoms with Gasteiger partial charge in [-0.2, -0.15) is 0 Å². The molecule has 1 saturated carbocycles. The van der Waals surface area contributed by atoms with Gasteiger partial charge < -0.3 is 4.90 Å². The first-order valence-electron chi connectivity index (χ1n) is 5.78. The van der Waals surface area contributed by atoms with Crippen LogP contribution in [-0.2, 0) is 5.41 Å². The Morgan fingerprint density at radius 2 is 1.87 bits per heavy atom. The molecule has 1 heteroatoms. The van der Waals surface area contributed by atoms with E-state index in [-0.39, 0.29) is 5.41 Å². The quantitative estimate of drug-likeness (QED) is 0.618. The summed E-state index contributed by atoms with van der Waals surface area (Å²) in [7, 11) is 2.15. The number of benzene rings is 1. The second-order valence-corrected chi connectivity index (χ2v) is 4.81. The average Bonchev–Trinajstić information content (AvgIpc) is 2.83. The molecule has 1 aromatic rings. The van der Waals surface area contributed by atoms with E-state index >= 15 is 0 Å². The zero-order valence-electron chi connectivity index (χ0n) is 9.29. The summed E-state index contributed by atoms with van der Waals surface area (Å²) in [5.41, 5.74) is 4.46. The number of likely N-dealkylation sites (N-methyl/N-ethyl adjacent to an activating group) is 1. The highest BCUT2D eigenvalue weighted by atomic mass is 15.2. The summed E-state index contributed by atoms with van der Waals surface area (Å²) in [6.07, 6.45) is 5.27. The number of nitrogens with zero attached hydrogens (tertiary/aromatic N) is 1. The Morgan fingerprint density at radius 3 is 2.60 bits per heavy atom. The van der Waals surface area contributed by atoms with Crippen LogP contribution in [-0.4, -0.2) is 7.05 Å². The Morgan fingerprint density at radius 1 is 1.20 bits per heavy atom.